The smallest absolute Gasteiger partial charge is 0.266 e. The van der Waals surface area contributed by atoms with Crippen molar-refractivity contribution >= 4 is 27.3 Å². The number of aromatic amines is 1. The van der Waals surface area contributed by atoms with Crippen LogP contribution in [0.1, 0.15) is 0 Å². The van der Waals surface area contributed by atoms with Crippen molar-refractivity contribution in [3.05, 3.63) is 56.0 Å². The molecule has 0 atom stereocenters. The molecule has 0 saturated heterocycles. The van der Waals surface area contributed by atoms with Crippen LogP contribution in [0.3, 0.4) is 0 Å². The van der Waals surface area contributed by atoms with Crippen molar-refractivity contribution in [3.8, 4) is 22.8 Å². The third-order valence-electron chi connectivity index (χ3n) is 2.58. The molecule has 0 unspecified atom stereocenters. The molecule has 0 aliphatic carbocycles. The van der Waals surface area contributed by atoms with Gasteiger partial charge in [0.2, 0.25) is 0 Å². The number of aromatic nitrogens is 3. The molecule has 94 valence electrons. The van der Waals surface area contributed by atoms with E-state index in [1.54, 1.807) is 5.51 Å². The zero-order chi connectivity index (χ0) is 13.2. The summed E-state index contributed by atoms with van der Waals surface area (Å²) in [6.45, 7) is 0. The first kappa shape index (κ1) is 12.3. The number of rotatable bonds is 2. The van der Waals surface area contributed by atoms with Gasteiger partial charge in [-0.2, -0.15) is 0 Å². The number of hydrogen-bond donors (Lipinski definition) is 1. The fraction of sp³-hybridized carbons (Fsp3) is 0. The van der Waals surface area contributed by atoms with Gasteiger partial charge >= 0.3 is 0 Å². The van der Waals surface area contributed by atoms with E-state index in [-0.39, 0.29) is 5.56 Å². The van der Waals surface area contributed by atoms with Crippen LogP contribution in [0.25, 0.3) is 22.8 Å². The molecular weight excluding hydrogens is 326 g/mol. The molecular formula is C13H8BrN3OS. The van der Waals surface area contributed by atoms with Crippen LogP contribution in [-0.2, 0) is 0 Å². The molecule has 0 radical (unpaired) electrons. The Morgan fingerprint density at radius 3 is 2.68 bits per heavy atom. The minimum atomic E-state index is -0.211. The molecule has 0 aliphatic heterocycles. The molecule has 1 N–H and O–H groups in total. The lowest BCUT2D eigenvalue weighted by Gasteiger charge is -2.05. The molecule has 6 heteroatoms. The van der Waals surface area contributed by atoms with E-state index >= 15 is 0 Å². The second-order valence-corrected chi connectivity index (χ2v) is 5.33. The van der Waals surface area contributed by atoms with E-state index < -0.39 is 0 Å². The van der Waals surface area contributed by atoms with Crippen molar-refractivity contribution in [1.29, 1.82) is 0 Å². The van der Waals surface area contributed by atoms with Gasteiger partial charge in [0.05, 0.1) is 11.2 Å². The Balaban J connectivity index is 2.23. The van der Waals surface area contributed by atoms with Gasteiger partial charge in [-0.1, -0.05) is 30.3 Å². The lowest BCUT2D eigenvalue weighted by atomic mass is 10.1. The Kier molecular flexibility index (Phi) is 3.27. The highest BCUT2D eigenvalue weighted by Crippen LogP contribution is 2.25. The summed E-state index contributed by atoms with van der Waals surface area (Å²) in [7, 11) is 0. The average Bonchev–Trinajstić information content (AvgIpc) is 2.97. The van der Waals surface area contributed by atoms with E-state index in [1.807, 2.05) is 35.7 Å². The number of halogens is 1. The zero-order valence-corrected chi connectivity index (χ0v) is 12.0. The largest absolute Gasteiger partial charge is 0.304 e. The summed E-state index contributed by atoms with van der Waals surface area (Å²) in [5.41, 5.74) is 3.67. The van der Waals surface area contributed by atoms with Crippen LogP contribution in [-0.4, -0.2) is 15.0 Å². The highest BCUT2D eigenvalue weighted by atomic mass is 79.9. The van der Waals surface area contributed by atoms with Crippen molar-refractivity contribution in [3.63, 3.8) is 0 Å². The maximum Gasteiger partial charge on any atom is 0.266 e. The topological polar surface area (TPSA) is 58.6 Å². The fourth-order valence-corrected chi connectivity index (χ4v) is 2.65. The van der Waals surface area contributed by atoms with Gasteiger partial charge in [-0.25, -0.2) is 9.97 Å². The Morgan fingerprint density at radius 1 is 1.21 bits per heavy atom. The van der Waals surface area contributed by atoms with Crippen molar-refractivity contribution in [2.75, 3.05) is 0 Å². The third-order valence-corrected chi connectivity index (χ3v) is 3.91. The van der Waals surface area contributed by atoms with E-state index in [4.69, 9.17) is 0 Å². The summed E-state index contributed by atoms with van der Waals surface area (Å²) in [5, 5.41) is 1.85. The summed E-state index contributed by atoms with van der Waals surface area (Å²) in [4.78, 5) is 23.3. The predicted molar refractivity (Wildman–Crippen MR) is 79.1 cm³/mol. The van der Waals surface area contributed by atoms with Gasteiger partial charge in [-0.05, 0) is 15.9 Å². The lowest BCUT2D eigenvalue weighted by Crippen LogP contribution is -2.11. The van der Waals surface area contributed by atoms with Gasteiger partial charge in [-0.3, -0.25) is 4.79 Å². The number of nitrogens with zero attached hydrogens (tertiary/aromatic N) is 2. The molecule has 0 fully saturated rings. The molecule has 19 heavy (non-hydrogen) atoms. The first-order chi connectivity index (χ1) is 9.25. The predicted octanol–water partition coefficient (Wildman–Crippen LogP) is 3.32. The van der Waals surface area contributed by atoms with Crippen LogP contribution in [0.4, 0.5) is 0 Å². The van der Waals surface area contributed by atoms with Crippen molar-refractivity contribution < 1.29 is 0 Å². The van der Waals surface area contributed by atoms with Gasteiger partial charge in [0.25, 0.3) is 5.56 Å². The van der Waals surface area contributed by atoms with Gasteiger partial charge < -0.3 is 4.98 Å². The van der Waals surface area contributed by atoms with E-state index in [0.29, 0.717) is 21.7 Å². The minimum Gasteiger partial charge on any atom is -0.304 e. The molecule has 4 nitrogen and oxygen atoms in total. The molecule has 0 bridgehead atoms. The molecule has 3 aromatic rings. The van der Waals surface area contributed by atoms with Crippen molar-refractivity contribution in [2.24, 2.45) is 0 Å². The molecule has 0 saturated carbocycles. The summed E-state index contributed by atoms with van der Waals surface area (Å²) in [5.74, 6) is 0.480. The van der Waals surface area contributed by atoms with Crippen molar-refractivity contribution in [2.45, 2.75) is 0 Å². The molecule has 0 spiro atoms. The number of benzene rings is 1. The molecule has 0 aliphatic rings. The number of thiazole rings is 1. The molecule has 2 aromatic heterocycles. The number of hydrogen-bond acceptors (Lipinski definition) is 4. The SMILES string of the molecule is O=c1[nH]c(-c2cscn2)nc(-c2ccccc2)c1Br. The Morgan fingerprint density at radius 2 is 2.00 bits per heavy atom. The monoisotopic (exact) mass is 333 g/mol. The van der Waals surface area contributed by atoms with Gasteiger partial charge in [0.15, 0.2) is 5.82 Å². The number of nitrogens with one attached hydrogen (secondary N) is 1. The molecule has 3 rings (SSSR count). The standard InChI is InChI=1S/C13H8BrN3OS/c14-10-11(8-4-2-1-3-5-8)16-12(17-13(10)18)9-6-19-7-15-9/h1-7H,(H,16,17,18). The second-order valence-electron chi connectivity index (χ2n) is 3.82. The van der Waals surface area contributed by atoms with Crippen molar-refractivity contribution in [1.82, 2.24) is 15.0 Å². The third kappa shape index (κ3) is 2.36. The minimum absolute atomic E-state index is 0.211. The van der Waals surface area contributed by atoms with Gasteiger partial charge in [0.1, 0.15) is 10.2 Å². The van der Waals surface area contributed by atoms with E-state index in [1.165, 1.54) is 11.3 Å². The van der Waals surface area contributed by atoms with E-state index in [9.17, 15) is 4.79 Å². The molecule has 1 aromatic carbocycles. The Labute approximate surface area is 121 Å². The fourth-order valence-electron chi connectivity index (χ4n) is 1.70. The average molecular weight is 334 g/mol. The molecule has 2 heterocycles. The van der Waals surface area contributed by atoms with Crippen LogP contribution in [0.2, 0.25) is 0 Å². The van der Waals surface area contributed by atoms with Gasteiger partial charge in [0, 0.05) is 10.9 Å². The quantitative estimate of drug-likeness (QED) is 0.782. The second kappa shape index (κ2) is 5.07. The number of H-pyrrole nitrogens is 1. The normalized spacial score (nSPS) is 10.6. The van der Waals surface area contributed by atoms with Crippen LogP contribution < -0.4 is 5.56 Å². The maximum absolute atomic E-state index is 12.0. The molecule has 0 amide bonds. The van der Waals surface area contributed by atoms with Crippen LogP contribution >= 0.6 is 27.3 Å². The summed E-state index contributed by atoms with van der Waals surface area (Å²) in [6, 6.07) is 9.57. The summed E-state index contributed by atoms with van der Waals surface area (Å²) >= 11 is 4.75. The summed E-state index contributed by atoms with van der Waals surface area (Å²) < 4.78 is 0.428. The van der Waals surface area contributed by atoms with Gasteiger partial charge in [-0.15, -0.1) is 11.3 Å². The van der Waals surface area contributed by atoms with E-state index in [2.05, 4.69) is 30.9 Å². The van der Waals surface area contributed by atoms with Crippen LogP contribution in [0, 0.1) is 0 Å². The highest BCUT2D eigenvalue weighted by molar-refractivity contribution is 9.10. The highest BCUT2D eigenvalue weighted by Gasteiger charge is 2.12. The lowest BCUT2D eigenvalue weighted by molar-refractivity contribution is 1.10. The van der Waals surface area contributed by atoms with Crippen LogP contribution in [0.15, 0.2) is 50.5 Å². The Bertz CT molecular complexity index is 753. The Hall–Kier alpha value is -1.79. The first-order valence-corrected chi connectivity index (χ1v) is 7.23. The van der Waals surface area contributed by atoms with Crippen LogP contribution in [0.5, 0.6) is 0 Å². The summed E-state index contributed by atoms with van der Waals surface area (Å²) in [6.07, 6.45) is 0. The zero-order valence-electron chi connectivity index (χ0n) is 9.63. The first-order valence-electron chi connectivity index (χ1n) is 5.49. The van der Waals surface area contributed by atoms with E-state index in [0.717, 1.165) is 5.56 Å². The maximum atomic E-state index is 12.0.